The molecule has 4 nitrogen and oxygen atoms in total. The van der Waals surface area contributed by atoms with E-state index in [1.54, 1.807) is 0 Å². The molecule has 0 aliphatic carbocycles. The summed E-state index contributed by atoms with van der Waals surface area (Å²) < 4.78 is 3.01. The summed E-state index contributed by atoms with van der Waals surface area (Å²) in [7, 11) is 1.97. The Hall–Kier alpha value is -1.17. The van der Waals surface area contributed by atoms with Gasteiger partial charge in [-0.25, -0.2) is 0 Å². The molecule has 3 N–H and O–H groups in total. The van der Waals surface area contributed by atoms with Crippen molar-refractivity contribution in [3.8, 4) is 0 Å². The van der Waals surface area contributed by atoms with Crippen LogP contribution in [0, 0.1) is 6.92 Å². The van der Waals surface area contributed by atoms with E-state index in [9.17, 15) is 0 Å². The fraction of sp³-hybridized carbons (Fsp3) is 0.357. The third-order valence-electron chi connectivity index (χ3n) is 3.19. The fourth-order valence-corrected chi connectivity index (χ4v) is 2.47. The zero-order valence-corrected chi connectivity index (χ0v) is 12.8. The molecule has 0 radical (unpaired) electrons. The van der Waals surface area contributed by atoms with Crippen molar-refractivity contribution in [1.82, 2.24) is 15.2 Å². The molecule has 2 aromatic rings. The number of rotatable bonds is 5. The minimum atomic E-state index is 0.205. The van der Waals surface area contributed by atoms with Gasteiger partial charge in [-0.2, -0.15) is 5.10 Å². The summed E-state index contributed by atoms with van der Waals surface area (Å²) in [6.45, 7) is 2.00. The van der Waals surface area contributed by atoms with Crippen molar-refractivity contribution in [2.45, 2.75) is 25.8 Å². The highest BCUT2D eigenvalue weighted by atomic mass is 79.9. The minimum absolute atomic E-state index is 0.205. The van der Waals surface area contributed by atoms with Crippen LogP contribution in [0.4, 0.5) is 0 Å². The van der Waals surface area contributed by atoms with Crippen molar-refractivity contribution in [3.05, 3.63) is 51.8 Å². The van der Waals surface area contributed by atoms with E-state index in [2.05, 4.69) is 56.8 Å². The third-order valence-corrected chi connectivity index (χ3v) is 3.71. The minimum Gasteiger partial charge on any atom is -0.272 e. The quantitative estimate of drug-likeness (QED) is 0.654. The second-order valence-corrected chi connectivity index (χ2v) is 5.71. The molecule has 1 aromatic heterocycles. The van der Waals surface area contributed by atoms with Gasteiger partial charge in [0.05, 0.1) is 5.69 Å². The Bertz CT molecular complexity index is 533. The Labute approximate surface area is 122 Å². The van der Waals surface area contributed by atoms with Gasteiger partial charge in [0, 0.05) is 29.7 Å². The molecular formula is C14H19BrN4. The molecule has 102 valence electrons. The zero-order chi connectivity index (χ0) is 13.8. The van der Waals surface area contributed by atoms with Crippen LogP contribution in [0.2, 0.25) is 0 Å². The number of aromatic nitrogens is 2. The molecule has 1 atom stereocenters. The van der Waals surface area contributed by atoms with Crippen LogP contribution in [0.25, 0.3) is 0 Å². The van der Waals surface area contributed by atoms with Crippen LogP contribution in [0.3, 0.4) is 0 Å². The first-order valence-electron chi connectivity index (χ1n) is 6.28. The van der Waals surface area contributed by atoms with E-state index in [4.69, 9.17) is 5.84 Å². The topological polar surface area (TPSA) is 55.9 Å². The van der Waals surface area contributed by atoms with Gasteiger partial charge < -0.3 is 0 Å². The van der Waals surface area contributed by atoms with E-state index in [-0.39, 0.29) is 6.04 Å². The number of hydrazine groups is 1. The SMILES string of the molecule is Cc1cc(CC(Cc2ccc(Br)cc2)NN)n(C)n1. The highest BCUT2D eigenvalue weighted by Gasteiger charge is 2.12. The molecule has 1 aromatic carbocycles. The molecule has 1 unspecified atom stereocenters. The second kappa shape index (κ2) is 6.32. The van der Waals surface area contributed by atoms with E-state index >= 15 is 0 Å². The third kappa shape index (κ3) is 3.89. The largest absolute Gasteiger partial charge is 0.272 e. The van der Waals surface area contributed by atoms with Crippen molar-refractivity contribution in [2.24, 2.45) is 12.9 Å². The zero-order valence-electron chi connectivity index (χ0n) is 11.2. The molecule has 1 heterocycles. The number of aryl methyl sites for hydroxylation is 2. The molecule has 0 spiro atoms. The predicted molar refractivity (Wildman–Crippen MR) is 80.6 cm³/mol. The monoisotopic (exact) mass is 322 g/mol. The number of halogens is 1. The smallest absolute Gasteiger partial charge is 0.0596 e. The average Bonchev–Trinajstić information content (AvgIpc) is 2.69. The lowest BCUT2D eigenvalue weighted by Crippen LogP contribution is -2.38. The summed E-state index contributed by atoms with van der Waals surface area (Å²) in [6.07, 6.45) is 1.76. The first kappa shape index (κ1) is 14.2. The van der Waals surface area contributed by atoms with Crippen LogP contribution in [-0.4, -0.2) is 15.8 Å². The van der Waals surface area contributed by atoms with Gasteiger partial charge in [-0.3, -0.25) is 16.0 Å². The maximum absolute atomic E-state index is 5.67. The highest BCUT2D eigenvalue weighted by Crippen LogP contribution is 2.13. The maximum Gasteiger partial charge on any atom is 0.0596 e. The lowest BCUT2D eigenvalue weighted by molar-refractivity contribution is 0.505. The Kier molecular flexibility index (Phi) is 4.74. The van der Waals surface area contributed by atoms with Crippen molar-refractivity contribution in [3.63, 3.8) is 0 Å². The van der Waals surface area contributed by atoms with Gasteiger partial charge in [0.1, 0.15) is 0 Å². The van der Waals surface area contributed by atoms with Crippen LogP contribution < -0.4 is 11.3 Å². The molecular weight excluding hydrogens is 304 g/mol. The van der Waals surface area contributed by atoms with E-state index in [0.29, 0.717) is 0 Å². The standard InChI is InChI=1S/C14H19BrN4/c1-10-7-14(19(2)18-10)9-13(17-16)8-11-3-5-12(15)6-4-11/h3-7,13,17H,8-9,16H2,1-2H3. The Balaban J connectivity index is 2.04. The molecule has 0 saturated carbocycles. The predicted octanol–water partition coefficient (Wildman–Crippen LogP) is 2.11. The average molecular weight is 323 g/mol. The molecule has 0 fully saturated rings. The number of benzene rings is 1. The molecule has 5 heteroatoms. The molecule has 0 amide bonds. The fourth-order valence-electron chi connectivity index (χ4n) is 2.20. The Morgan fingerprint density at radius 1 is 1.32 bits per heavy atom. The molecule has 0 saturated heterocycles. The van der Waals surface area contributed by atoms with Gasteiger partial charge in [0.15, 0.2) is 0 Å². The van der Waals surface area contributed by atoms with E-state index in [1.165, 1.54) is 11.3 Å². The number of nitrogens with one attached hydrogen (secondary N) is 1. The van der Waals surface area contributed by atoms with E-state index < -0.39 is 0 Å². The van der Waals surface area contributed by atoms with Gasteiger partial charge in [0.25, 0.3) is 0 Å². The Morgan fingerprint density at radius 3 is 2.53 bits per heavy atom. The number of hydrogen-bond donors (Lipinski definition) is 2. The summed E-state index contributed by atoms with van der Waals surface area (Å²) in [5.74, 6) is 5.67. The van der Waals surface area contributed by atoms with Gasteiger partial charge in [-0.15, -0.1) is 0 Å². The number of nitrogens with zero attached hydrogens (tertiary/aromatic N) is 2. The summed E-state index contributed by atoms with van der Waals surface area (Å²) >= 11 is 3.44. The molecule has 2 rings (SSSR count). The van der Waals surface area contributed by atoms with Crippen LogP contribution in [0.5, 0.6) is 0 Å². The number of hydrogen-bond acceptors (Lipinski definition) is 3. The summed E-state index contributed by atoms with van der Waals surface area (Å²) in [5, 5.41) is 4.36. The lowest BCUT2D eigenvalue weighted by atomic mass is 10.0. The summed E-state index contributed by atoms with van der Waals surface area (Å²) in [5.41, 5.74) is 6.40. The first-order chi connectivity index (χ1) is 9.08. The second-order valence-electron chi connectivity index (χ2n) is 4.80. The van der Waals surface area contributed by atoms with E-state index in [0.717, 1.165) is 23.0 Å². The van der Waals surface area contributed by atoms with Gasteiger partial charge in [-0.05, 0) is 37.1 Å². The van der Waals surface area contributed by atoms with Gasteiger partial charge in [-0.1, -0.05) is 28.1 Å². The lowest BCUT2D eigenvalue weighted by Gasteiger charge is -2.16. The van der Waals surface area contributed by atoms with Crippen molar-refractivity contribution in [2.75, 3.05) is 0 Å². The molecule has 0 bridgehead atoms. The van der Waals surface area contributed by atoms with E-state index in [1.807, 2.05) is 18.7 Å². The van der Waals surface area contributed by atoms with Crippen LogP contribution in [0.1, 0.15) is 17.0 Å². The van der Waals surface area contributed by atoms with Crippen molar-refractivity contribution in [1.29, 1.82) is 0 Å². The summed E-state index contributed by atoms with van der Waals surface area (Å²) in [4.78, 5) is 0. The molecule has 0 aliphatic rings. The Morgan fingerprint density at radius 2 is 2.00 bits per heavy atom. The van der Waals surface area contributed by atoms with Crippen LogP contribution in [0.15, 0.2) is 34.8 Å². The molecule has 19 heavy (non-hydrogen) atoms. The van der Waals surface area contributed by atoms with Crippen molar-refractivity contribution >= 4 is 15.9 Å². The van der Waals surface area contributed by atoms with Gasteiger partial charge >= 0.3 is 0 Å². The maximum atomic E-state index is 5.67. The van der Waals surface area contributed by atoms with Crippen LogP contribution >= 0.6 is 15.9 Å². The number of nitrogens with two attached hydrogens (primary N) is 1. The van der Waals surface area contributed by atoms with Crippen molar-refractivity contribution < 1.29 is 0 Å². The first-order valence-corrected chi connectivity index (χ1v) is 7.08. The summed E-state index contributed by atoms with van der Waals surface area (Å²) in [6, 6.07) is 10.6. The van der Waals surface area contributed by atoms with Crippen LogP contribution in [-0.2, 0) is 19.9 Å². The highest BCUT2D eigenvalue weighted by molar-refractivity contribution is 9.10. The normalized spacial score (nSPS) is 12.6. The van der Waals surface area contributed by atoms with Gasteiger partial charge in [0.2, 0.25) is 0 Å². The molecule has 0 aliphatic heterocycles.